The van der Waals surface area contributed by atoms with Crippen LogP contribution < -0.4 is 0 Å². The fraction of sp³-hybridized carbons (Fsp3) is 0.588. The van der Waals surface area contributed by atoms with E-state index >= 15 is 0 Å². The molecule has 0 saturated heterocycles. The molecule has 0 atom stereocenters. The van der Waals surface area contributed by atoms with Crippen molar-refractivity contribution < 1.29 is 4.79 Å². The molecule has 0 unspecified atom stereocenters. The summed E-state index contributed by atoms with van der Waals surface area (Å²) in [5, 5.41) is 2.06. The van der Waals surface area contributed by atoms with Crippen LogP contribution in [-0.4, -0.2) is 5.78 Å². The minimum atomic E-state index is 0.0136. The lowest BCUT2D eigenvalue weighted by atomic mass is 9.48. The monoisotopic (exact) mass is 350 g/mol. The number of carbonyl (C=O) groups excluding carboxylic acids is 1. The van der Waals surface area contributed by atoms with Crippen molar-refractivity contribution in [2.45, 2.75) is 38.5 Å². The first-order valence-corrected chi connectivity index (χ1v) is 9.27. The standard InChI is InChI=1S/C17H19BrOS/c18-14-6-15(20-10-14)1-2-16(19)17-7-11-3-12(8-17)5-13(4-11)9-17/h1-2,6,10-13H,3-5,7-9H2. The summed E-state index contributed by atoms with van der Waals surface area (Å²) in [5.74, 6) is 2.93. The van der Waals surface area contributed by atoms with Gasteiger partial charge in [0.2, 0.25) is 0 Å². The zero-order valence-corrected chi connectivity index (χ0v) is 13.9. The molecule has 4 aliphatic carbocycles. The van der Waals surface area contributed by atoms with Crippen LogP contribution >= 0.6 is 27.3 Å². The SMILES string of the molecule is O=C(C=Cc1cc(Br)cs1)C12CC3CC(CC(C3)C1)C2. The van der Waals surface area contributed by atoms with Gasteiger partial charge in [0, 0.05) is 20.1 Å². The lowest BCUT2D eigenvalue weighted by Gasteiger charge is -2.55. The quantitative estimate of drug-likeness (QED) is 0.675. The minimum Gasteiger partial charge on any atom is -0.294 e. The number of hydrogen-bond acceptors (Lipinski definition) is 2. The molecule has 0 amide bonds. The van der Waals surface area contributed by atoms with Crippen molar-refractivity contribution in [3.05, 3.63) is 26.9 Å². The number of halogens is 1. The highest BCUT2D eigenvalue weighted by Gasteiger charge is 2.53. The molecule has 1 aromatic heterocycles. The van der Waals surface area contributed by atoms with Gasteiger partial charge in [0.15, 0.2) is 5.78 Å². The molecular formula is C17H19BrOS. The van der Waals surface area contributed by atoms with Crippen LogP contribution in [0.25, 0.3) is 6.08 Å². The van der Waals surface area contributed by atoms with E-state index in [0.717, 1.165) is 46.4 Å². The lowest BCUT2D eigenvalue weighted by molar-refractivity contribution is -0.138. The maximum Gasteiger partial charge on any atom is 0.161 e. The summed E-state index contributed by atoms with van der Waals surface area (Å²) in [4.78, 5) is 13.9. The van der Waals surface area contributed by atoms with Gasteiger partial charge in [-0.2, -0.15) is 0 Å². The van der Waals surface area contributed by atoms with E-state index in [1.54, 1.807) is 11.3 Å². The minimum absolute atomic E-state index is 0.0136. The van der Waals surface area contributed by atoms with Crippen LogP contribution in [0.5, 0.6) is 0 Å². The van der Waals surface area contributed by atoms with E-state index in [1.807, 2.05) is 12.2 Å². The molecule has 4 aliphatic rings. The molecule has 20 heavy (non-hydrogen) atoms. The van der Waals surface area contributed by atoms with Gasteiger partial charge in [0.25, 0.3) is 0 Å². The van der Waals surface area contributed by atoms with E-state index in [9.17, 15) is 4.79 Å². The summed E-state index contributed by atoms with van der Waals surface area (Å²) in [6, 6.07) is 2.08. The van der Waals surface area contributed by atoms with E-state index in [4.69, 9.17) is 0 Å². The average Bonchev–Trinajstić information content (AvgIpc) is 2.80. The highest BCUT2D eigenvalue weighted by molar-refractivity contribution is 9.10. The summed E-state index contributed by atoms with van der Waals surface area (Å²) in [5.41, 5.74) is 0.0136. The van der Waals surface area contributed by atoms with Gasteiger partial charge in [-0.25, -0.2) is 0 Å². The molecule has 0 spiro atoms. The zero-order valence-electron chi connectivity index (χ0n) is 11.5. The normalized spacial score (nSPS) is 38.8. The van der Waals surface area contributed by atoms with Crippen molar-refractivity contribution in [3.63, 3.8) is 0 Å². The first-order chi connectivity index (χ1) is 9.63. The third-order valence-corrected chi connectivity index (χ3v) is 7.21. The summed E-state index contributed by atoms with van der Waals surface area (Å²) in [6.45, 7) is 0. The predicted octanol–water partition coefficient (Wildman–Crippen LogP) is 5.31. The highest BCUT2D eigenvalue weighted by atomic mass is 79.9. The zero-order chi connectivity index (χ0) is 13.7. The summed E-state index contributed by atoms with van der Waals surface area (Å²) < 4.78 is 1.10. The fourth-order valence-electron chi connectivity index (χ4n) is 5.16. The van der Waals surface area contributed by atoms with Gasteiger partial charge in [-0.15, -0.1) is 11.3 Å². The summed E-state index contributed by atoms with van der Waals surface area (Å²) in [7, 11) is 0. The molecule has 4 bridgehead atoms. The van der Waals surface area contributed by atoms with E-state index in [2.05, 4.69) is 27.4 Å². The molecule has 0 aliphatic heterocycles. The lowest BCUT2D eigenvalue weighted by Crippen LogP contribution is -2.49. The van der Waals surface area contributed by atoms with Crippen LogP contribution in [0, 0.1) is 23.2 Å². The molecular weight excluding hydrogens is 332 g/mol. The van der Waals surface area contributed by atoms with Gasteiger partial charge in [-0.05, 0) is 90.4 Å². The second-order valence-electron chi connectivity index (χ2n) is 7.06. The highest BCUT2D eigenvalue weighted by Crippen LogP contribution is 2.60. The van der Waals surface area contributed by atoms with Crippen LogP contribution in [0.2, 0.25) is 0 Å². The Morgan fingerprint density at radius 2 is 1.80 bits per heavy atom. The van der Waals surface area contributed by atoms with Gasteiger partial charge in [0.1, 0.15) is 0 Å². The third kappa shape index (κ3) is 2.23. The van der Waals surface area contributed by atoms with E-state index in [0.29, 0.717) is 5.78 Å². The molecule has 0 radical (unpaired) electrons. The van der Waals surface area contributed by atoms with Gasteiger partial charge in [-0.1, -0.05) is 0 Å². The largest absolute Gasteiger partial charge is 0.294 e. The Balaban J connectivity index is 1.55. The average molecular weight is 351 g/mol. The van der Waals surface area contributed by atoms with E-state index in [1.165, 1.54) is 19.3 Å². The number of allylic oxidation sites excluding steroid dienone is 1. The first-order valence-electron chi connectivity index (χ1n) is 7.59. The van der Waals surface area contributed by atoms with Crippen LogP contribution in [0.15, 0.2) is 22.0 Å². The Hall–Kier alpha value is -0.410. The Bertz CT molecular complexity index is 536. The maximum absolute atomic E-state index is 12.8. The Kier molecular flexibility index (Phi) is 3.19. The number of hydrogen-bond donors (Lipinski definition) is 0. The first kappa shape index (κ1) is 13.3. The van der Waals surface area contributed by atoms with E-state index < -0.39 is 0 Å². The molecule has 106 valence electrons. The van der Waals surface area contributed by atoms with Crippen molar-refractivity contribution in [2.24, 2.45) is 23.2 Å². The molecule has 0 N–H and O–H groups in total. The molecule has 4 saturated carbocycles. The van der Waals surface area contributed by atoms with Gasteiger partial charge >= 0.3 is 0 Å². The topological polar surface area (TPSA) is 17.1 Å². The molecule has 3 heteroatoms. The number of rotatable bonds is 3. The number of carbonyl (C=O) groups is 1. The second-order valence-corrected chi connectivity index (χ2v) is 8.92. The van der Waals surface area contributed by atoms with Crippen molar-refractivity contribution in [3.8, 4) is 0 Å². The van der Waals surface area contributed by atoms with Gasteiger partial charge in [0.05, 0.1) is 0 Å². The summed E-state index contributed by atoms with van der Waals surface area (Å²) >= 11 is 5.14. The van der Waals surface area contributed by atoms with Crippen LogP contribution in [0.1, 0.15) is 43.4 Å². The summed E-state index contributed by atoms with van der Waals surface area (Å²) in [6.07, 6.45) is 11.6. The van der Waals surface area contributed by atoms with Crippen LogP contribution in [0.3, 0.4) is 0 Å². The van der Waals surface area contributed by atoms with Crippen LogP contribution in [-0.2, 0) is 4.79 Å². The fourth-order valence-corrected chi connectivity index (χ4v) is 6.50. The van der Waals surface area contributed by atoms with Crippen molar-refractivity contribution in [1.29, 1.82) is 0 Å². The smallest absolute Gasteiger partial charge is 0.161 e. The van der Waals surface area contributed by atoms with E-state index in [-0.39, 0.29) is 5.41 Å². The van der Waals surface area contributed by atoms with Crippen molar-refractivity contribution >= 4 is 39.1 Å². The number of thiophene rings is 1. The number of ketones is 1. The van der Waals surface area contributed by atoms with Gasteiger partial charge in [-0.3, -0.25) is 4.79 Å². The second kappa shape index (κ2) is 4.81. The van der Waals surface area contributed by atoms with Gasteiger partial charge < -0.3 is 0 Å². The molecule has 0 aromatic carbocycles. The molecule has 1 nitrogen and oxygen atoms in total. The Labute approximate surface area is 132 Å². The van der Waals surface area contributed by atoms with Crippen LogP contribution in [0.4, 0.5) is 0 Å². The maximum atomic E-state index is 12.8. The van der Waals surface area contributed by atoms with Crippen molar-refractivity contribution in [2.75, 3.05) is 0 Å². The molecule has 1 aromatic rings. The molecule has 5 rings (SSSR count). The molecule has 4 fully saturated rings. The predicted molar refractivity (Wildman–Crippen MR) is 86.7 cm³/mol. The molecule has 1 heterocycles. The Morgan fingerprint density at radius 1 is 1.20 bits per heavy atom. The Morgan fingerprint density at radius 3 is 2.30 bits per heavy atom. The third-order valence-electron chi connectivity index (χ3n) is 5.55. The van der Waals surface area contributed by atoms with Crippen molar-refractivity contribution in [1.82, 2.24) is 0 Å².